The van der Waals surface area contributed by atoms with Gasteiger partial charge in [-0.3, -0.25) is 9.59 Å². The number of aryl methyl sites for hydroxylation is 2. The third-order valence-corrected chi connectivity index (χ3v) is 8.05. The number of benzene rings is 2. The highest BCUT2D eigenvalue weighted by molar-refractivity contribution is 7.90. The van der Waals surface area contributed by atoms with Crippen LogP contribution >= 0.6 is 23.2 Å². The number of carbonyl (C=O) groups excluding carboxylic acids is 2. The first-order valence-electron chi connectivity index (χ1n) is 11.1. The Labute approximate surface area is 218 Å². The first-order valence-corrected chi connectivity index (χ1v) is 13.2. The maximum atomic E-state index is 13.7. The molecule has 0 aromatic heterocycles. The van der Waals surface area contributed by atoms with Crippen LogP contribution < -0.4 is 9.62 Å². The Bertz CT molecular complexity index is 1190. The highest BCUT2D eigenvalue weighted by Crippen LogP contribution is 2.27. The SMILES string of the molecule is CCNC(=O)C(C)N(Cc1ccc(Cl)c(Cl)c1)C(=O)CN(c1cc(C)ccc1C)S(=O)(=O)N(C)C. The van der Waals surface area contributed by atoms with Gasteiger partial charge in [-0.05, 0) is 62.6 Å². The van der Waals surface area contributed by atoms with Crippen LogP contribution in [0.1, 0.15) is 30.5 Å². The predicted octanol–water partition coefficient (Wildman–Crippen LogP) is 3.78. The lowest BCUT2D eigenvalue weighted by Gasteiger charge is -2.33. The van der Waals surface area contributed by atoms with Gasteiger partial charge in [0.15, 0.2) is 0 Å². The molecule has 2 aromatic rings. The van der Waals surface area contributed by atoms with E-state index >= 15 is 0 Å². The van der Waals surface area contributed by atoms with E-state index in [-0.39, 0.29) is 12.5 Å². The van der Waals surface area contributed by atoms with Crippen molar-refractivity contribution in [1.29, 1.82) is 0 Å². The second kappa shape index (κ2) is 12.1. The number of nitrogens with one attached hydrogen (secondary N) is 1. The molecule has 0 fully saturated rings. The number of hydrogen-bond donors (Lipinski definition) is 1. The second-order valence-corrected chi connectivity index (χ2v) is 11.3. The number of anilines is 1. The molecule has 0 spiro atoms. The molecule has 1 unspecified atom stereocenters. The lowest BCUT2D eigenvalue weighted by atomic mass is 10.1. The first-order chi connectivity index (χ1) is 16.3. The standard InChI is InChI=1S/C24H32Cl2N4O4S/c1-7-27-24(32)18(4)29(14-19-10-11-20(25)21(26)13-19)23(31)15-30(35(33,34)28(5)6)22-12-16(2)8-9-17(22)3/h8-13,18H,7,14-15H2,1-6H3,(H,27,32). The zero-order valence-electron chi connectivity index (χ0n) is 20.8. The van der Waals surface area contributed by atoms with E-state index in [4.69, 9.17) is 23.2 Å². The van der Waals surface area contributed by atoms with Crippen molar-refractivity contribution in [1.82, 2.24) is 14.5 Å². The lowest BCUT2D eigenvalue weighted by Crippen LogP contribution is -2.52. The van der Waals surface area contributed by atoms with Crippen molar-refractivity contribution in [3.63, 3.8) is 0 Å². The van der Waals surface area contributed by atoms with Crippen molar-refractivity contribution >= 4 is 50.9 Å². The summed E-state index contributed by atoms with van der Waals surface area (Å²) in [7, 11) is -1.21. The van der Waals surface area contributed by atoms with Gasteiger partial charge < -0.3 is 10.2 Å². The molecular weight excluding hydrogens is 511 g/mol. The molecule has 0 radical (unpaired) electrons. The quantitative estimate of drug-likeness (QED) is 0.494. The van der Waals surface area contributed by atoms with Gasteiger partial charge in [-0.15, -0.1) is 0 Å². The van der Waals surface area contributed by atoms with Crippen LogP contribution in [0.5, 0.6) is 0 Å². The van der Waals surface area contributed by atoms with Gasteiger partial charge in [-0.1, -0.05) is 41.4 Å². The van der Waals surface area contributed by atoms with Crippen molar-refractivity contribution < 1.29 is 18.0 Å². The van der Waals surface area contributed by atoms with Crippen molar-refractivity contribution in [2.24, 2.45) is 0 Å². The van der Waals surface area contributed by atoms with Crippen LogP contribution in [0.15, 0.2) is 36.4 Å². The van der Waals surface area contributed by atoms with Crippen LogP contribution in [0.25, 0.3) is 0 Å². The minimum absolute atomic E-state index is 0.0384. The summed E-state index contributed by atoms with van der Waals surface area (Å²) in [5.74, 6) is -0.893. The average molecular weight is 544 g/mol. The number of nitrogens with zero attached hydrogens (tertiary/aromatic N) is 3. The summed E-state index contributed by atoms with van der Waals surface area (Å²) in [6.45, 7) is 6.94. The Morgan fingerprint density at radius 3 is 2.26 bits per heavy atom. The number of rotatable bonds is 10. The molecule has 0 saturated heterocycles. The van der Waals surface area contributed by atoms with Crippen LogP contribution in [0.4, 0.5) is 5.69 Å². The lowest BCUT2D eigenvalue weighted by molar-refractivity contribution is -0.139. The van der Waals surface area contributed by atoms with Crippen molar-refractivity contribution in [2.75, 3.05) is 31.5 Å². The normalized spacial score (nSPS) is 12.4. The molecule has 8 nitrogen and oxygen atoms in total. The summed E-state index contributed by atoms with van der Waals surface area (Å²) < 4.78 is 28.7. The summed E-state index contributed by atoms with van der Waals surface area (Å²) in [5, 5.41) is 3.40. The summed E-state index contributed by atoms with van der Waals surface area (Å²) >= 11 is 12.2. The van der Waals surface area contributed by atoms with Gasteiger partial charge >= 0.3 is 10.2 Å². The molecule has 1 atom stereocenters. The van der Waals surface area contributed by atoms with E-state index in [1.807, 2.05) is 13.0 Å². The fourth-order valence-electron chi connectivity index (χ4n) is 3.43. The highest BCUT2D eigenvalue weighted by Gasteiger charge is 2.33. The van der Waals surface area contributed by atoms with Crippen LogP contribution in [0, 0.1) is 13.8 Å². The summed E-state index contributed by atoms with van der Waals surface area (Å²) in [4.78, 5) is 27.7. The van der Waals surface area contributed by atoms with E-state index < -0.39 is 28.7 Å². The Kier molecular flexibility index (Phi) is 9.97. The van der Waals surface area contributed by atoms with Crippen LogP contribution in [-0.4, -0.2) is 62.7 Å². The average Bonchev–Trinajstić information content (AvgIpc) is 2.79. The molecule has 0 heterocycles. The minimum atomic E-state index is -4.02. The largest absolute Gasteiger partial charge is 0.355 e. The zero-order chi connectivity index (χ0) is 26.5. The smallest absolute Gasteiger partial charge is 0.304 e. The van der Waals surface area contributed by atoms with Crippen LogP contribution in [0.3, 0.4) is 0 Å². The zero-order valence-corrected chi connectivity index (χ0v) is 23.1. The van der Waals surface area contributed by atoms with Gasteiger partial charge in [0.1, 0.15) is 12.6 Å². The highest BCUT2D eigenvalue weighted by atomic mass is 35.5. The number of hydrogen-bond acceptors (Lipinski definition) is 4. The van der Waals surface area contributed by atoms with Crippen molar-refractivity contribution in [3.8, 4) is 0 Å². The molecule has 0 saturated carbocycles. The van der Waals surface area contributed by atoms with Crippen molar-refractivity contribution in [3.05, 3.63) is 63.1 Å². The maximum Gasteiger partial charge on any atom is 0.304 e. The van der Waals surface area contributed by atoms with Gasteiger partial charge in [0.05, 0.1) is 15.7 Å². The van der Waals surface area contributed by atoms with Gasteiger partial charge in [0, 0.05) is 27.2 Å². The maximum absolute atomic E-state index is 13.7. The Balaban J connectivity index is 2.52. The first kappa shape index (κ1) is 28.9. The van der Waals surface area contributed by atoms with E-state index in [2.05, 4.69) is 5.32 Å². The van der Waals surface area contributed by atoms with E-state index in [0.29, 0.717) is 33.4 Å². The fraction of sp³-hybridized carbons (Fsp3) is 0.417. The van der Waals surface area contributed by atoms with E-state index in [1.54, 1.807) is 51.1 Å². The Hall–Kier alpha value is -2.33. The minimum Gasteiger partial charge on any atom is -0.355 e. The van der Waals surface area contributed by atoms with E-state index in [1.165, 1.54) is 19.0 Å². The summed E-state index contributed by atoms with van der Waals surface area (Å²) in [6.07, 6.45) is 0. The molecule has 1 N–H and O–H groups in total. The van der Waals surface area contributed by atoms with Crippen molar-refractivity contribution in [2.45, 2.75) is 40.3 Å². The monoisotopic (exact) mass is 542 g/mol. The van der Waals surface area contributed by atoms with Gasteiger partial charge in [0.25, 0.3) is 0 Å². The molecule has 0 aliphatic rings. The van der Waals surface area contributed by atoms with Gasteiger partial charge in [0.2, 0.25) is 11.8 Å². The molecule has 2 amide bonds. The molecule has 0 aliphatic carbocycles. The third kappa shape index (κ3) is 7.10. The number of halogens is 2. The molecular formula is C24H32Cl2N4O4S. The second-order valence-electron chi connectivity index (χ2n) is 8.43. The third-order valence-electron chi connectivity index (χ3n) is 5.51. The summed E-state index contributed by atoms with van der Waals surface area (Å²) in [5.41, 5.74) is 2.59. The van der Waals surface area contributed by atoms with Gasteiger partial charge in [-0.25, -0.2) is 4.31 Å². The molecule has 2 aromatic carbocycles. The molecule has 2 rings (SSSR count). The van der Waals surface area contributed by atoms with E-state index in [0.717, 1.165) is 14.2 Å². The Morgan fingerprint density at radius 2 is 1.69 bits per heavy atom. The van der Waals surface area contributed by atoms with E-state index in [9.17, 15) is 18.0 Å². The molecule has 35 heavy (non-hydrogen) atoms. The molecule has 192 valence electrons. The van der Waals surface area contributed by atoms with Gasteiger partial charge in [-0.2, -0.15) is 12.7 Å². The fourth-order valence-corrected chi connectivity index (χ4v) is 4.86. The number of amides is 2. The van der Waals surface area contributed by atoms with Crippen LogP contribution in [0.2, 0.25) is 10.0 Å². The molecule has 0 aliphatic heterocycles. The topological polar surface area (TPSA) is 90.0 Å². The Morgan fingerprint density at radius 1 is 1.03 bits per heavy atom. The van der Waals surface area contributed by atoms with Crippen LogP contribution in [-0.2, 0) is 26.3 Å². The molecule has 0 bridgehead atoms. The molecule has 11 heteroatoms. The summed E-state index contributed by atoms with van der Waals surface area (Å²) in [6, 6.07) is 9.47. The number of carbonyl (C=O) groups is 2. The predicted molar refractivity (Wildman–Crippen MR) is 141 cm³/mol. The number of likely N-dealkylation sites (N-methyl/N-ethyl adjacent to an activating group) is 1.